The lowest BCUT2D eigenvalue weighted by Crippen LogP contribution is -2.46. The molecule has 1 atom stereocenters. The largest absolute Gasteiger partial charge is 0.339 e. The van der Waals surface area contributed by atoms with E-state index in [0.717, 1.165) is 24.4 Å². The summed E-state index contributed by atoms with van der Waals surface area (Å²) < 4.78 is 1.73. The molecule has 140 valence electrons. The molecule has 0 fully saturated rings. The Bertz CT molecular complexity index is 1010. The first-order valence-corrected chi connectivity index (χ1v) is 9.29. The predicted molar refractivity (Wildman–Crippen MR) is 105 cm³/mol. The number of fused-ring (bicyclic) bond motifs is 2. The second kappa shape index (κ2) is 6.78. The highest BCUT2D eigenvalue weighted by Gasteiger charge is 2.26. The zero-order chi connectivity index (χ0) is 19.1. The van der Waals surface area contributed by atoms with Gasteiger partial charge in [-0.05, 0) is 44.5 Å². The molecular formula is C21H25N5O. The maximum atomic E-state index is 12.9. The van der Waals surface area contributed by atoms with E-state index in [9.17, 15) is 4.79 Å². The molecule has 3 heterocycles. The highest BCUT2D eigenvalue weighted by atomic mass is 16.2. The van der Waals surface area contributed by atoms with Crippen molar-refractivity contribution < 1.29 is 4.79 Å². The molecule has 0 N–H and O–H groups in total. The van der Waals surface area contributed by atoms with Crippen molar-refractivity contribution in [3.63, 3.8) is 0 Å². The topological polar surface area (TPSA) is 53.7 Å². The predicted octanol–water partition coefficient (Wildman–Crippen LogP) is 2.47. The Morgan fingerprint density at radius 2 is 1.96 bits per heavy atom. The number of hydrogen-bond donors (Lipinski definition) is 0. The molecule has 0 spiro atoms. The van der Waals surface area contributed by atoms with Crippen molar-refractivity contribution >= 4 is 11.6 Å². The average molecular weight is 363 g/mol. The van der Waals surface area contributed by atoms with Gasteiger partial charge in [-0.2, -0.15) is 5.10 Å². The minimum Gasteiger partial charge on any atom is -0.339 e. The van der Waals surface area contributed by atoms with Crippen LogP contribution in [0.1, 0.15) is 33.0 Å². The number of hydrogen-bond acceptors (Lipinski definition) is 4. The van der Waals surface area contributed by atoms with Crippen molar-refractivity contribution in [2.75, 3.05) is 20.6 Å². The van der Waals surface area contributed by atoms with Crippen LogP contribution in [0.25, 0.3) is 5.65 Å². The summed E-state index contributed by atoms with van der Waals surface area (Å²) in [6.07, 6.45) is 0.954. The van der Waals surface area contributed by atoms with Gasteiger partial charge >= 0.3 is 0 Å². The van der Waals surface area contributed by atoms with Crippen LogP contribution in [0.2, 0.25) is 0 Å². The van der Waals surface area contributed by atoms with Crippen LogP contribution in [0.3, 0.4) is 0 Å². The van der Waals surface area contributed by atoms with Crippen LogP contribution in [0.15, 0.2) is 36.4 Å². The van der Waals surface area contributed by atoms with E-state index in [1.54, 1.807) is 15.5 Å². The maximum Gasteiger partial charge on any atom is 0.274 e. The van der Waals surface area contributed by atoms with E-state index in [1.807, 2.05) is 27.0 Å². The Morgan fingerprint density at radius 3 is 2.74 bits per heavy atom. The number of aryl methyl sites for hydroxylation is 2. The van der Waals surface area contributed by atoms with Crippen LogP contribution in [-0.4, -0.2) is 57.0 Å². The highest BCUT2D eigenvalue weighted by molar-refractivity contribution is 5.93. The second-order valence-electron chi connectivity index (χ2n) is 7.57. The number of benzene rings is 1. The van der Waals surface area contributed by atoms with E-state index in [-0.39, 0.29) is 5.91 Å². The maximum absolute atomic E-state index is 12.9. The number of carbonyl (C=O) groups excluding carboxylic acids is 1. The number of rotatable bonds is 3. The summed E-state index contributed by atoms with van der Waals surface area (Å²) in [5, 5.41) is 4.47. The summed E-state index contributed by atoms with van der Waals surface area (Å²) in [5.41, 5.74) is 5.81. The first kappa shape index (κ1) is 17.7. The fourth-order valence-electron chi connectivity index (χ4n) is 3.91. The molecular weight excluding hydrogens is 338 g/mol. The van der Waals surface area contributed by atoms with Crippen molar-refractivity contribution in [1.29, 1.82) is 0 Å². The molecule has 0 bridgehead atoms. The van der Waals surface area contributed by atoms with Gasteiger partial charge in [-0.15, -0.1) is 0 Å². The van der Waals surface area contributed by atoms with Gasteiger partial charge in [0.2, 0.25) is 0 Å². The van der Waals surface area contributed by atoms with Gasteiger partial charge in [0, 0.05) is 43.6 Å². The van der Waals surface area contributed by atoms with Gasteiger partial charge in [0.05, 0.1) is 0 Å². The third-order valence-corrected chi connectivity index (χ3v) is 5.40. The summed E-state index contributed by atoms with van der Waals surface area (Å²) in [7, 11) is 3.98. The molecule has 0 aliphatic carbocycles. The summed E-state index contributed by atoms with van der Waals surface area (Å²) >= 11 is 0. The normalized spacial score (nSPS) is 17.1. The number of aromatic nitrogens is 3. The Labute approximate surface area is 159 Å². The minimum atomic E-state index is -0.0650. The standard InChI is InChI=1S/C21H25N5O/c1-14-9-15(2)26-20(22-14)11-19(23-26)21(27)25(4)13-18-10-16-7-5-6-8-17(16)12-24(18)3/h5-9,11,18H,10,12-13H2,1-4H3/t18-/m0/s1. The van der Waals surface area contributed by atoms with E-state index in [4.69, 9.17) is 0 Å². The van der Waals surface area contributed by atoms with E-state index in [1.165, 1.54) is 11.1 Å². The Morgan fingerprint density at radius 1 is 1.22 bits per heavy atom. The molecule has 6 nitrogen and oxygen atoms in total. The van der Waals surface area contributed by atoms with Crippen molar-refractivity contribution in [1.82, 2.24) is 24.4 Å². The minimum absolute atomic E-state index is 0.0650. The molecule has 1 amide bonds. The first-order valence-electron chi connectivity index (χ1n) is 9.29. The smallest absolute Gasteiger partial charge is 0.274 e. The van der Waals surface area contributed by atoms with Crippen LogP contribution in [-0.2, 0) is 13.0 Å². The van der Waals surface area contributed by atoms with Crippen molar-refractivity contribution in [2.45, 2.75) is 32.9 Å². The van der Waals surface area contributed by atoms with Crippen LogP contribution < -0.4 is 0 Å². The van der Waals surface area contributed by atoms with Crippen LogP contribution >= 0.6 is 0 Å². The van der Waals surface area contributed by atoms with Crippen molar-refractivity contribution in [2.24, 2.45) is 0 Å². The molecule has 27 heavy (non-hydrogen) atoms. The number of carbonyl (C=O) groups is 1. The Hall–Kier alpha value is -2.73. The lowest BCUT2D eigenvalue weighted by molar-refractivity contribution is 0.0727. The fourth-order valence-corrected chi connectivity index (χ4v) is 3.91. The summed E-state index contributed by atoms with van der Waals surface area (Å²) in [6, 6.07) is 12.6. The molecule has 3 aromatic rings. The third kappa shape index (κ3) is 3.32. The zero-order valence-electron chi connectivity index (χ0n) is 16.3. The van der Waals surface area contributed by atoms with Gasteiger partial charge in [0.15, 0.2) is 11.3 Å². The monoisotopic (exact) mass is 363 g/mol. The lowest BCUT2D eigenvalue weighted by Gasteiger charge is -2.36. The van der Waals surface area contributed by atoms with Crippen LogP contribution in [0.4, 0.5) is 0 Å². The van der Waals surface area contributed by atoms with Crippen molar-refractivity contribution in [3.8, 4) is 0 Å². The quantitative estimate of drug-likeness (QED) is 0.717. The summed E-state index contributed by atoms with van der Waals surface area (Å²) in [4.78, 5) is 21.5. The van der Waals surface area contributed by atoms with Crippen LogP contribution in [0, 0.1) is 13.8 Å². The van der Waals surface area contributed by atoms with Gasteiger partial charge in [-0.25, -0.2) is 9.50 Å². The van der Waals surface area contributed by atoms with Gasteiger partial charge in [0.25, 0.3) is 5.91 Å². The Kier molecular flexibility index (Phi) is 4.44. The molecule has 0 radical (unpaired) electrons. The van der Waals surface area contributed by atoms with Gasteiger partial charge < -0.3 is 4.90 Å². The lowest BCUT2D eigenvalue weighted by atomic mass is 9.94. The number of likely N-dealkylation sites (N-methyl/N-ethyl adjacent to an activating group) is 2. The third-order valence-electron chi connectivity index (χ3n) is 5.40. The molecule has 1 aromatic carbocycles. The second-order valence-corrected chi connectivity index (χ2v) is 7.57. The van der Waals surface area contributed by atoms with E-state index in [2.05, 4.69) is 46.3 Å². The van der Waals surface area contributed by atoms with E-state index >= 15 is 0 Å². The average Bonchev–Trinajstić information content (AvgIpc) is 3.06. The molecule has 0 saturated heterocycles. The van der Waals surface area contributed by atoms with E-state index < -0.39 is 0 Å². The Balaban J connectivity index is 1.52. The van der Waals surface area contributed by atoms with E-state index in [0.29, 0.717) is 23.9 Å². The number of amides is 1. The molecule has 0 unspecified atom stereocenters. The zero-order valence-corrected chi connectivity index (χ0v) is 16.3. The van der Waals surface area contributed by atoms with Crippen molar-refractivity contribution in [3.05, 3.63) is 64.6 Å². The summed E-state index contributed by atoms with van der Waals surface area (Å²) in [6.45, 7) is 5.51. The van der Waals surface area contributed by atoms with Crippen LogP contribution in [0.5, 0.6) is 0 Å². The highest BCUT2D eigenvalue weighted by Crippen LogP contribution is 2.22. The first-order chi connectivity index (χ1) is 12.9. The SMILES string of the molecule is Cc1cc(C)n2nc(C(=O)N(C)C[C@@H]3Cc4ccccc4CN3C)cc2n1. The summed E-state index contributed by atoms with van der Waals surface area (Å²) in [5.74, 6) is -0.0650. The van der Waals surface area contributed by atoms with Gasteiger partial charge in [0.1, 0.15) is 0 Å². The molecule has 2 aromatic heterocycles. The van der Waals surface area contributed by atoms with Gasteiger partial charge in [-0.1, -0.05) is 24.3 Å². The molecule has 1 aliphatic rings. The molecule has 4 rings (SSSR count). The fraction of sp³-hybridized carbons (Fsp3) is 0.381. The molecule has 1 aliphatic heterocycles. The van der Waals surface area contributed by atoms with Gasteiger partial charge in [-0.3, -0.25) is 9.69 Å². The number of nitrogens with zero attached hydrogens (tertiary/aromatic N) is 5. The molecule has 6 heteroatoms. The molecule has 0 saturated carbocycles.